The van der Waals surface area contributed by atoms with Crippen LogP contribution in [0.2, 0.25) is 0 Å². The number of hydrogen-bond donors (Lipinski definition) is 3. The number of nitrogens with zero attached hydrogens (tertiary/aromatic N) is 1. The second-order valence-electron chi connectivity index (χ2n) is 15.4. The number of pyridine rings is 1. The van der Waals surface area contributed by atoms with Gasteiger partial charge in [0.15, 0.2) is 35.8 Å². The number of carbonyl (C=O) groups excluding carboxylic acids is 7. The summed E-state index contributed by atoms with van der Waals surface area (Å²) in [5, 5.41) is 37.4. The van der Waals surface area contributed by atoms with Gasteiger partial charge in [-0.25, -0.2) is 14.4 Å². The van der Waals surface area contributed by atoms with Gasteiger partial charge in [0.25, 0.3) is 0 Å². The fourth-order valence-corrected chi connectivity index (χ4v) is 8.89. The van der Waals surface area contributed by atoms with Crippen molar-refractivity contribution in [3.8, 4) is 0 Å². The lowest BCUT2D eigenvalue weighted by Crippen LogP contribution is -2.88. The summed E-state index contributed by atoms with van der Waals surface area (Å²) < 4.78 is 41.3. The van der Waals surface area contributed by atoms with E-state index in [0.717, 1.165) is 34.6 Å². The maximum Gasteiger partial charge on any atom is 0.340 e. The first kappa shape index (κ1) is 41.3. The molecule has 0 unspecified atom stereocenters. The van der Waals surface area contributed by atoms with Crippen LogP contribution >= 0.6 is 0 Å². The SMILES string of the molecule is CC(=O)OC[C@]12[C@H](OC(C)=O)C(=O)[C@@H]3[C@@H](O)[C@@]14O[C@@]3(C)COC(=O)c1cccnc1CC[C@@](C)(O)C(=O)O[C@@H]([C@H](OC(=O)c1ccccc1)[C@@H]2OC(C)=O)[C@]4(C)O. The maximum atomic E-state index is 15.0. The van der Waals surface area contributed by atoms with E-state index in [2.05, 4.69) is 4.98 Å². The van der Waals surface area contributed by atoms with Gasteiger partial charge in [0.05, 0.1) is 28.8 Å². The quantitative estimate of drug-likeness (QED) is 0.263. The fraction of sp³-hybridized carbons (Fsp3) is 0.538. The second kappa shape index (κ2) is 14.6. The zero-order valence-corrected chi connectivity index (χ0v) is 31.9. The Morgan fingerprint density at radius 3 is 2.19 bits per heavy atom. The minimum absolute atomic E-state index is 0.0818. The van der Waals surface area contributed by atoms with Crippen molar-refractivity contribution in [2.45, 2.75) is 107 Å². The summed E-state index contributed by atoms with van der Waals surface area (Å²) in [6, 6.07) is 10.1. The van der Waals surface area contributed by atoms with Crippen LogP contribution in [0, 0.1) is 11.3 Å². The maximum absolute atomic E-state index is 15.0. The average molecular weight is 798 g/mol. The van der Waals surface area contributed by atoms with E-state index in [1.54, 1.807) is 6.07 Å². The Kier molecular flexibility index (Phi) is 10.6. The Balaban J connectivity index is 1.70. The summed E-state index contributed by atoms with van der Waals surface area (Å²) in [7, 11) is 0. The third kappa shape index (κ3) is 6.53. The van der Waals surface area contributed by atoms with Crippen molar-refractivity contribution < 1.29 is 82.0 Å². The van der Waals surface area contributed by atoms with Gasteiger partial charge in [0.1, 0.15) is 35.4 Å². The van der Waals surface area contributed by atoms with Crippen LogP contribution in [0.3, 0.4) is 0 Å². The molecule has 2 saturated carbocycles. The number of hydrogen-bond acceptors (Lipinski definition) is 18. The first-order valence-electron chi connectivity index (χ1n) is 18.1. The Hall–Kier alpha value is -5.30. The summed E-state index contributed by atoms with van der Waals surface area (Å²) in [5.74, 6) is -9.73. The van der Waals surface area contributed by atoms with Crippen molar-refractivity contribution >= 4 is 41.6 Å². The number of aliphatic hydroxyl groups is 3. The number of fused-ring (bicyclic) bond motifs is 5. The molecule has 57 heavy (non-hydrogen) atoms. The smallest absolute Gasteiger partial charge is 0.340 e. The van der Waals surface area contributed by atoms with Crippen molar-refractivity contribution in [1.82, 2.24) is 4.98 Å². The second-order valence-corrected chi connectivity index (χ2v) is 15.4. The molecule has 2 aromatic rings. The number of carbonyl (C=O) groups is 7. The normalized spacial score (nSPS) is 37.3. The number of ether oxygens (including phenoxy) is 7. The highest BCUT2D eigenvalue weighted by molar-refractivity contribution is 5.94. The van der Waals surface area contributed by atoms with Crippen LogP contribution in [0.4, 0.5) is 0 Å². The Morgan fingerprint density at radius 1 is 0.895 bits per heavy atom. The highest BCUT2D eigenvalue weighted by Crippen LogP contribution is 2.68. The number of aryl methyl sites for hydroxylation is 1. The molecule has 3 heterocycles. The molecule has 3 N–H and O–H groups in total. The van der Waals surface area contributed by atoms with Gasteiger partial charge in [-0.3, -0.25) is 24.2 Å². The van der Waals surface area contributed by atoms with E-state index < -0.39 is 125 Å². The van der Waals surface area contributed by atoms with Crippen LogP contribution in [0.25, 0.3) is 0 Å². The predicted molar refractivity (Wildman–Crippen MR) is 187 cm³/mol. The third-order valence-corrected chi connectivity index (χ3v) is 11.4. The zero-order valence-electron chi connectivity index (χ0n) is 31.9. The minimum Gasteiger partial charge on any atom is -0.465 e. The zero-order chi connectivity index (χ0) is 41.9. The number of rotatable bonds is 6. The summed E-state index contributed by atoms with van der Waals surface area (Å²) in [6.07, 6.45) is -10.4. The van der Waals surface area contributed by atoms with Gasteiger partial charge in [-0.1, -0.05) is 18.2 Å². The van der Waals surface area contributed by atoms with E-state index in [4.69, 9.17) is 33.2 Å². The summed E-state index contributed by atoms with van der Waals surface area (Å²) in [5.41, 5.74) is -13.2. The lowest BCUT2D eigenvalue weighted by atomic mass is 9.45. The third-order valence-electron chi connectivity index (χ3n) is 11.4. The molecular weight excluding hydrogens is 754 g/mol. The van der Waals surface area contributed by atoms with Crippen LogP contribution < -0.4 is 0 Å². The van der Waals surface area contributed by atoms with Crippen LogP contribution in [0.5, 0.6) is 0 Å². The molecule has 306 valence electrons. The van der Waals surface area contributed by atoms with E-state index in [-0.39, 0.29) is 23.2 Å². The highest BCUT2D eigenvalue weighted by Gasteiger charge is 2.90. The van der Waals surface area contributed by atoms with Gasteiger partial charge in [-0.15, -0.1) is 0 Å². The molecule has 6 rings (SSSR count). The number of aliphatic hydroxyl groups excluding tert-OH is 1. The minimum atomic E-state index is -2.94. The van der Waals surface area contributed by atoms with E-state index >= 15 is 0 Å². The molecule has 4 aliphatic rings. The molecule has 2 aliphatic carbocycles. The van der Waals surface area contributed by atoms with Gasteiger partial charge in [0.2, 0.25) is 0 Å². The monoisotopic (exact) mass is 797 g/mol. The fourth-order valence-electron chi connectivity index (χ4n) is 8.89. The van der Waals surface area contributed by atoms with E-state index in [0.29, 0.717) is 0 Å². The van der Waals surface area contributed by atoms with Crippen molar-refractivity contribution in [2.24, 2.45) is 11.3 Å². The van der Waals surface area contributed by atoms with E-state index in [1.807, 2.05) is 0 Å². The largest absolute Gasteiger partial charge is 0.465 e. The first-order chi connectivity index (χ1) is 26.6. The van der Waals surface area contributed by atoms with Gasteiger partial charge in [-0.05, 0) is 57.9 Å². The molecule has 0 radical (unpaired) electrons. The highest BCUT2D eigenvalue weighted by atomic mass is 16.7. The standard InChI is InChI=1S/C39H43NO17/c1-19(41)51-18-38-29(53-20(2)42)26(44)25-28(45)39(38)37(6,50)30(27(31(38)54-21(3)43)55-32(46)22-11-8-7-9-12-22)56-34(48)35(4,49)15-14-24-23(13-10-16-40-24)33(47)52-17-36(25,5)57-39/h7-13,16,25,27-31,45,49-50H,14-15,17-18H2,1-6H3/t25-,27+,28-,29-,30+,31+,35-,36+,37+,38-,39+/m1/s1. The van der Waals surface area contributed by atoms with Crippen LogP contribution in [0.15, 0.2) is 48.7 Å². The average Bonchev–Trinajstić information content (AvgIpc) is 3.35. The van der Waals surface area contributed by atoms with Crippen LogP contribution in [-0.2, 0) is 63.6 Å². The molecule has 1 saturated heterocycles. The Morgan fingerprint density at radius 2 is 1.56 bits per heavy atom. The van der Waals surface area contributed by atoms with Crippen molar-refractivity contribution in [2.75, 3.05) is 13.2 Å². The van der Waals surface area contributed by atoms with E-state index in [1.165, 1.54) is 49.5 Å². The molecule has 4 bridgehead atoms. The van der Waals surface area contributed by atoms with Gasteiger partial charge in [-0.2, -0.15) is 0 Å². The number of benzene rings is 1. The molecule has 3 fully saturated rings. The van der Waals surface area contributed by atoms with Crippen LogP contribution in [0.1, 0.15) is 74.4 Å². The van der Waals surface area contributed by atoms with Crippen molar-refractivity contribution in [3.05, 3.63) is 65.5 Å². The number of esters is 6. The van der Waals surface area contributed by atoms with E-state index in [9.17, 15) is 48.9 Å². The lowest BCUT2D eigenvalue weighted by molar-refractivity contribution is -0.376. The van der Waals surface area contributed by atoms with Crippen molar-refractivity contribution in [1.29, 1.82) is 0 Å². The summed E-state index contributed by atoms with van der Waals surface area (Å²) in [6.45, 7) is 4.22. The molecule has 1 spiro atoms. The summed E-state index contributed by atoms with van der Waals surface area (Å²) >= 11 is 0. The number of aromatic nitrogens is 1. The molecule has 1 aromatic heterocycles. The van der Waals surface area contributed by atoms with Crippen LogP contribution in [-0.4, -0.2) is 128 Å². The molecule has 1 aromatic carbocycles. The topological polar surface area (TPSA) is 258 Å². The molecule has 2 aliphatic heterocycles. The lowest BCUT2D eigenvalue weighted by Gasteiger charge is -2.66. The predicted octanol–water partition coefficient (Wildman–Crippen LogP) is 0.338. The summed E-state index contributed by atoms with van der Waals surface area (Å²) in [4.78, 5) is 99.7. The van der Waals surface area contributed by atoms with Gasteiger partial charge >= 0.3 is 35.8 Å². The number of ketones is 1. The first-order valence-corrected chi connectivity index (χ1v) is 18.1. The number of cyclic esters (lactones) is 1. The molecule has 0 amide bonds. The molecular formula is C39H43NO17. The molecule has 18 nitrogen and oxygen atoms in total. The van der Waals surface area contributed by atoms with Gasteiger partial charge < -0.3 is 48.5 Å². The number of Topliss-reactive ketones (excluding diaryl/α,β-unsaturated/α-hetero) is 1. The molecule has 11 atom stereocenters. The Bertz CT molecular complexity index is 2000. The molecule has 18 heteroatoms. The van der Waals surface area contributed by atoms with Crippen molar-refractivity contribution in [3.63, 3.8) is 0 Å². The Labute approximate surface area is 325 Å². The van der Waals surface area contributed by atoms with Gasteiger partial charge in [0, 0.05) is 27.0 Å².